The van der Waals surface area contributed by atoms with E-state index in [-0.39, 0.29) is 6.54 Å². The molecule has 20 heavy (non-hydrogen) atoms. The van der Waals surface area contributed by atoms with Crippen molar-refractivity contribution < 1.29 is 14.7 Å². The monoisotopic (exact) mass is 271 g/mol. The second-order valence-corrected chi connectivity index (χ2v) is 4.14. The number of carbonyl (C=O) groups is 2. The molecule has 1 heterocycles. The van der Waals surface area contributed by atoms with Crippen molar-refractivity contribution in [2.45, 2.75) is 5.92 Å². The number of benzene rings is 1. The van der Waals surface area contributed by atoms with Crippen LogP contribution < -0.4 is 5.32 Å². The average molecular weight is 271 g/mol. The zero-order valence-corrected chi connectivity index (χ0v) is 10.6. The van der Waals surface area contributed by atoms with E-state index in [9.17, 15) is 14.7 Å². The van der Waals surface area contributed by atoms with Gasteiger partial charge in [-0.05, 0) is 5.56 Å². The van der Waals surface area contributed by atoms with Gasteiger partial charge in [0, 0.05) is 18.9 Å². The lowest BCUT2D eigenvalue weighted by Crippen LogP contribution is -2.31. The third kappa shape index (κ3) is 3.38. The zero-order chi connectivity index (χ0) is 14.4. The van der Waals surface area contributed by atoms with Gasteiger partial charge in [-0.1, -0.05) is 30.3 Å². The summed E-state index contributed by atoms with van der Waals surface area (Å²) in [5.74, 6) is -2.17. The summed E-state index contributed by atoms with van der Waals surface area (Å²) < 4.78 is 0. The molecule has 1 aromatic carbocycles. The third-order valence-corrected chi connectivity index (χ3v) is 2.79. The van der Waals surface area contributed by atoms with Gasteiger partial charge < -0.3 is 10.4 Å². The lowest BCUT2D eigenvalue weighted by atomic mass is 9.99. The van der Waals surface area contributed by atoms with Crippen LogP contribution in [0.1, 0.15) is 21.8 Å². The van der Waals surface area contributed by atoms with Gasteiger partial charge in [-0.25, -0.2) is 9.97 Å². The molecule has 2 aromatic rings. The molecule has 1 amide bonds. The Labute approximate surface area is 115 Å². The molecule has 0 radical (unpaired) electrons. The van der Waals surface area contributed by atoms with Crippen molar-refractivity contribution in [3.63, 3.8) is 0 Å². The second-order valence-electron chi connectivity index (χ2n) is 4.14. The number of hydrogen-bond acceptors (Lipinski definition) is 4. The quantitative estimate of drug-likeness (QED) is 0.848. The zero-order valence-electron chi connectivity index (χ0n) is 10.6. The van der Waals surface area contributed by atoms with Crippen LogP contribution >= 0.6 is 0 Å². The van der Waals surface area contributed by atoms with Crippen LogP contribution in [0.2, 0.25) is 0 Å². The highest BCUT2D eigenvalue weighted by atomic mass is 16.4. The maximum atomic E-state index is 11.8. The minimum absolute atomic E-state index is 0.00702. The van der Waals surface area contributed by atoms with E-state index in [1.54, 1.807) is 24.3 Å². The van der Waals surface area contributed by atoms with Crippen LogP contribution in [0.15, 0.2) is 49.1 Å². The van der Waals surface area contributed by atoms with Gasteiger partial charge in [-0.15, -0.1) is 0 Å². The number of carboxylic acid groups (broad SMARTS) is 1. The molecule has 1 unspecified atom stereocenters. The van der Waals surface area contributed by atoms with Crippen molar-refractivity contribution in [3.8, 4) is 0 Å². The molecule has 102 valence electrons. The first-order valence-corrected chi connectivity index (χ1v) is 5.99. The molecule has 6 heteroatoms. The highest BCUT2D eigenvalue weighted by Crippen LogP contribution is 2.14. The fraction of sp³-hybridized carbons (Fsp3) is 0.143. The summed E-state index contributed by atoms with van der Waals surface area (Å²) in [4.78, 5) is 30.6. The van der Waals surface area contributed by atoms with Crippen molar-refractivity contribution >= 4 is 11.9 Å². The van der Waals surface area contributed by atoms with E-state index in [0.29, 0.717) is 11.1 Å². The van der Waals surface area contributed by atoms with Crippen LogP contribution in [-0.2, 0) is 4.79 Å². The fourth-order valence-corrected chi connectivity index (χ4v) is 1.75. The number of carbonyl (C=O) groups excluding carboxylic acids is 1. The smallest absolute Gasteiger partial charge is 0.312 e. The first kappa shape index (κ1) is 13.7. The van der Waals surface area contributed by atoms with Crippen molar-refractivity contribution in [2.75, 3.05) is 6.54 Å². The minimum Gasteiger partial charge on any atom is -0.481 e. The largest absolute Gasteiger partial charge is 0.481 e. The van der Waals surface area contributed by atoms with Gasteiger partial charge in [0.2, 0.25) is 0 Å². The van der Waals surface area contributed by atoms with Gasteiger partial charge in [0.15, 0.2) is 0 Å². The van der Waals surface area contributed by atoms with Crippen LogP contribution in [-0.4, -0.2) is 33.5 Å². The molecule has 2 N–H and O–H groups in total. The molecule has 0 spiro atoms. The molecule has 0 aliphatic carbocycles. The molecule has 0 bridgehead atoms. The van der Waals surface area contributed by atoms with Gasteiger partial charge in [0.05, 0.1) is 11.5 Å². The molecule has 0 fully saturated rings. The summed E-state index contributed by atoms with van der Waals surface area (Å²) in [5, 5.41) is 11.8. The Hall–Kier alpha value is -2.76. The Morgan fingerprint density at radius 2 is 1.80 bits per heavy atom. The summed E-state index contributed by atoms with van der Waals surface area (Å²) in [6.45, 7) is 0.00702. The standard InChI is InChI=1S/C14H13N3O3/c18-13(11-6-15-9-16-7-11)17-8-12(14(19)20)10-4-2-1-3-5-10/h1-7,9,12H,8H2,(H,17,18)(H,19,20). The molecule has 0 saturated heterocycles. The highest BCUT2D eigenvalue weighted by molar-refractivity contribution is 5.93. The summed E-state index contributed by atoms with van der Waals surface area (Å²) in [7, 11) is 0. The Morgan fingerprint density at radius 1 is 1.15 bits per heavy atom. The lowest BCUT2D eigenvalue weighted by molar-refractivity contribution is -0.138. The fourth-order valence-electron chi connectivity index (χ4n) is 1.75. The topological polar surface area (TPSA) is 92.2 Å². The maximum absolute atomic E-state index is 11.8. The summed E-state index contributed by atoms with van der Waals surface area (Å²) in [5.41, 5.74) is 0.939. The molecule has 6 nitrogen and oxygen atoms in total. The van der Waals surface area contributed by atoms with Crippen molar-refractivity contribution in [1.82, 2.24) is 15.3 Å². The summed E-state index contributed by atoms with van der Waals surface area (Å²) in [6, 6.07) is 8.77. The number of nitrogens with one attached hydrogen (secondary N) is 1. The van der Waals surface area contributed by atoms with Crippen LogP contribution in [0.25, 0.3) is 0 Å². The van der Waals surface area contributed by atoms with Crippen molar-refractivity contribution in [1.29, 1.82) is 0 Å². The SMILES string of the molecule is O=C(NCC(C(=O)O)c1ccccc1)c1cncnc1. The molecular formula is C14H13N3O3. The lowest BCUT2D eigenvalue weighted by Gasteiger charge is -2.13. The number of carboxylic acids is 1. The molecule has 2 rings (SSSR count). The van der Waals surface area contributed by atoms with Crippen LogP contribution in [0, 0.1) is 0 Å². The van der Waals surface area contributed by atoms with Gasteiger partial charge in [-0.3, -0.25) is 9.59 Å². The van der Waals surface area contributed by atoms with Gasteiger partial charge in [-0.2, -0.15) is 0 Å². The number of rotatable bonds is 5. The number of hydrogen-bond donors (Lipinski definition) is 2. The number of nitrogens with zero attached hydrogens (tertiary/aromatic N) is 2. The molecule has 1 atom stereocenters. The Morgan fingerprint density at radius 3 is 2.40 bits per heavy atom. The Balaban J connectivity index is 2.04. The number of aliphatic carboxylic acids is 1. The summed E-state index contributed by atoms with van der Waals surface area (Å²) in [6.07, 6.45) is 4.07. The highest BCUT2D eigenvalue weighted by Gasteiger charge is 2.20. The molecule has 0 aliphatic heterocycles. The predicted octanol–water partition coefficient (Wildman–Crippen LogP) is 1.07. The molecule has 0 saturated carbocycles. The third-order valence-electron chi connectivity index (χ3n) is 2.79. The van der Waals surface area contributed by atoms with Crippen LogP contribution in [0.5, 0.6) is 0 Å². The van der Waals surface area contributed by atoms with E-state index in [0.717, 1.165) is 0 Å². The normalized spacial score (nSPS) is 11.6. The summed E-state index contributed by atoms with van der Waals surface area (Å²) >= 11 is 0. The van der Waals surface area contributed by atoms with E-state index >= 15 is 0 Å². The first-order chi connectivity index (χ1) is 9.68. The number of amides is 1. The molecule has 1 aromatic heterocycles. The average Bonchev–Trinajstić information content (AvgIpc) is 2.49. The number of aromatic nitrogens is 2. The Bertz CT molecular complexity index is 587. The predicted molar refractivity (Wildman–Crippen MR) is 71.2 cm³/mol. The van der Waals surface area contributed by atoms with Gasteiger partial charge >= 0.3 is 5.97 Å². The van der Waals surface area contributed by atoms with Gasteiger partial charge in [0.1, 0.15) is 6.33 Å². The van der Waals surface area contributed by atoms with Gasteiger partial charge in [0.25, 0.3) is 5.91 Å². The minimum atomic E-state index is -0.985. The van der Waals surface area contributed by atoms with E-state index in [1.807, 2.05) is 6.07 Å². The van der Waals surface area contributed by atoms with E-state index in [4.69, 9.17) is 0 Å². The van der Waals surface area contributed by atoms with Crippen LogP contribution in [0.4, 0.5) is 0 Å². The second kappa shape index (κ2) is 6.42. The van der Waals surface area contributed by atoms with E-state index < -0.39 is 17.8 Å². The van der Waals surface area contributed by atoms with Crippen molar-refractivity contribution in [2.24, 2.45) is 0 Å². The van der Waals surface area contributed by atoms with E-state index in [2.05, 4.69) is 15.3 Å². The van der Waals surface area contributed by atoms with Crippen LogP contribution in [0.3, 0.4) is 0 Å². The Kier molecular flexibility index (Phi) is 4.39. The first-order valence-electron chi connectivity index (χ1n) is 5.99. The molecular weight excluding hydrogens is 258 g/mol. The maximum Gasteiger partial charge on any atom is 0.312 e. The van der Waals surface area contributed by atoms with E-state index in [1.165, 1.54) is 18.7 Å². The van der Waals surface area contributed by atoms with Crippen molar-refractivity contribution in [3.05, 3.63) is 60.2 Å². The molecule has 0 aliphatic rings.